The normalized spacial score (nSPS) is 11.9. The molecule has 1 heterocycles. The highest BCUT2D eigenvalue weighted by Gasteiger charge is 2.10. The second kappa shape index (κ2) is 8.40. The molecule has 23 heavy (non-hydrogen) atoms. The first-order chi connectivity index (χ1) is 11.1. The molecule has 1 aromatic carbocycles. The predicted octanol–water partition coefficient (Wildman–Crippen LogP) is 1.65. The molecule has 122 valence electrons. The first-order valence-corrected chi connectivity index (χ1v) is 8.39. The van der Waals surface area contributed by atoms with E-state index in [2.05, 4.69) is 6.58 Å². The fourth-order valence-corrected chi connectivity index (χ4v) is 2.58. The Labute approximate surface area is 135 Å². The number of ether oxygens (including phenoxy) is 2. The van der Waals surface area contributed by atoms with Crippen molar-refractivity contribution in [3.63, 3.8) is 0 Å². The van der Waals surface area contributed by atoms with Crippen molar-refractivity contribution in [2.45, 2.75) is 0 Å². The van der Waals surface area contributed by atoms with E-state index in [-0.39, 0.29) is 24.7 Å². The summed E-state index contributed by atoms with van der Waals surface area (Å²) in [5.41, 5.74) is -0.0661. The van der Waals surface area contributed by atoms with Crippen LogP contribution in [0.25, 0.3) is 11.0 Å². The molecular formula is C16H16O6S. The molecule has 0 bridgehead atoms. The van der Waals surface area contributed by atoms with Gasteiger partial charge >= 0.3 is 11.6 Å². The molecule has 0 amide bonds. The number of rotatable bonds is 8. The summed E-state index contributed by atoms with van der Waals surface area (Å²) in [6.07, 6.45) is 1.05. The number of para-hydroxylation sites is 1. The number of carbonyl (C=O) groups is 1. The number of hydrogen-bond acceptors (Lipinski definition) is 6. The zero-order valence-electron chi connectivity index (χ0n) is 12.4. The van der Waals surface area contributed by atoms with Crippen LogP contribution in [0, 0.1) is 0 Å². The summed E-state index contributed by atoms with van der Waals surface area (Å²) in [5.74, 6) is 0.341. The van der Waals surface area contributed by atoms with Crippen molar-refractivity contribution in [3.8, 4) is 5.75 Å². The Kier molecular flexibility index (Phi) is 6.25. The monoisotopic (exact) mass is 336 g/mol. The highest BCUT2D eigenvalue weighted by Crippen LogP contribution is 2.23. The lowest BCUT2D eigenvalue weighted by Crippen LogP contribution is -2.21. The van der Waals surface area contributed by atoms with Crippen LogP contribution >= 0.6 is 0 Å². The first-order valence-electron chi connectivity index (χ1n) is 6.90. The van der Waals surface area contributed by atoms with Gasteiger partial charge in [0.15, 0.2) is 0 Å². The summed E-state index contributed by atoms with van der Waals surface area (Å²) in [5, 5.41) is 0.679. The van der Waals surface area contributed by atoms with Gasteiger partial charge in [0, 0.05) is 6.08 Å². The Morgan fingerprint density at radius 2 is 2.04 bits per heavy atom. The summed E-state index contributed by atoms with van der Waals surface area (Å²) in [4.78, 5) is 22.3. The standard InChI is InChI=1S/C16H16O6S/c1-2-15(17)21-8-10-23(19)9-7-20-14-11-16(18)22-13-6-4-3-5-12(13)14/h2-6,11H,1,7-10H2. The second-order valence-electron chi connectivity index (χ2n) is 4.49. The van der Waals surface area contributed by atoms with E-state index in [1.54, 1.807) is 24.3 Å². The Morgan fingerprint density at radius 3 is 2.83 bits per heavy atom. The first kappa shape index (κ1) is 17.1. The lowest BCUT2D eigenvalue weighted by Gasteiger charge is -2.12. The molecule has 0 spiro atoms. The average Bonchev–Trinajstić information content (AvgIpc) is 2.54. The van der Waals surface area contributed by atoms with E-state index in [1.165, 1.54) is 6.07 Å². The summed E-state index contributed by atoms with van der Waals surface area (Å²) >= 11 is -1.19. The van der Waals surface area contributed by atoms with Crippen LogP contribution in [0.2, 0.25) is 0 Å². The number of fused-ring (bicyclic) bond motifs is 1. The Hall–Kier alpha value is -2.25. The molecule has 0 fully saturated rings. The molecule has 0 saturated heterocycles. The zero-order valence-corrected chi connectivity index (χ0v) is 13.2. The van der Waals surface area contributed by atoms with Crippen molar-refractivity contribution in [1.82, 2.24) is 0 Å². The Bertz CT molecular complexity index is 739. The van der Waals surface area contributed by atoms with Gasteiger partial charge in [-0.05, 0) is 23.3 Å². The molecule has 0 aliphatic carbocycles. The van der Waals surface area contributed by atoms with Crippen LogP contribution < -0.4 is 10.4 Å². The fourth-order valence-electron chi connectivity index (χ4n) is 1.84. The van der Waals surface area contributed by atoms with Gasteiger partial charge in [0.25, 0.3) is 0 Å². The number of carbonyl (C=O) groups excluding carboxylic acids is 1. The van der Waals surface area contributed by atoms with Crippen LogP contribution in [-0.4, -0.2) is 35.2 Å². The van der Waals surface area contributed by atoms with E-state index in [1.807, 2.05) is 0 Å². The van der Waals surface area contributed by atoms with Crippen molar-refractivity contribution in [2.24, 2.45) is 0 Å². The maximum Gasteiger partial charge on any atom is 0.339 e. The van der Waals surface area contributed by atoms with Gasteiger partial charge < -0.3 is 18.4 Å². The molecule has 1 aromatic heterocycles. The van der Waals surface area contributed by atoms with Gasteiger partial charge in [0.05, 0.1) is 11.5 Å². The highest BCUT2D eigenvalue weighted by atomic mass is 32.2. The molecule has 0 radical (unpaired) electrons. The van der Waals surface area contributed by atoms with E-state index in [4.69, 9.17) is 13.9 Å². The fraction of sp³-hybridized carbons (Fsp3) is 0.250. The van der Waals surface area contributed by atoms with Gasteiger partial charge in [0.2, 0.25) is 0 Å². The van der Waals surface area contributed by atoms with Gasteiger partial charge in [-0.15, -0.1) is 0 Å². The average molecular weight is 336 g/mol. The Balaban J connectivity index is 1.85. The molecule has 6 nitrogen and oxygen atoms in total. The van der Waals surface area contributed by atoms with E-state index < -0.39 is 22.8 Å². The van der Waals surface area contributed by atoms with Gasteiger partial charge in [-0.3, -0.25) is 0 Å². The summed E-state index contributed by atoms with van der Waals surface area (Å²) in [7, 11) is 0. The van der Waals surface area contributed by atoms with Crippen molar-refractivity contribution >= 4 is 28.1 Å². The molecule has 0 aliphatic heterocycles. The molecule has 1 unspecified atom stereocenters. The predicted molar refractivity (Wildman–Crippen MR) is 87.0 cm³/mol. The van der Waals surface area contributed by atoms with Crippen molar-refractivity contribution < 1.29 is 23.2 Å². The summed E-state index contributed by atoms with van der Waals surface area (Å²) in [6.45, 7) is 3.51. The van der Waals surface area contributed by atoms with Gasteiger partial charge in [-0.1, -0.05) is 18.7 Å². The van der Waals surface area contributed by atoms with E-state index in [0.717, 1.165) is 6.08 Å². The molecule has 1 atom stereocenters. The molecule has 7 heteroatoms. The van der Waals surface area contributed by atoms with Crippen molar-refractivity contribution in [2.75, 3.05) is 24.7 Å². The van der Waals surface area contributed by atoms with Crippen LogP contribution in [0.5, 0.6) is 5.75 Å². The second-order valence-corrected chi connectivity index (χ2v) is 6.19. The Morgan fingerprint density at radius 1 is 1.30 bits per heavy atom. The van der Waals surface area contributed by atoms with E-state index >= 15 is 0 Å². The van der Waals surface area contributed by atoms with E-state index in [9.17, 15) is 14.1 Å². The number of hydrogen-bond donors (Lipinski definition) is 0. The summed E-state index contributed by atoms with van der Waals surface area (Å²) in [6, 6.07) is 8.28. The van der Waals surface area contributed by atoms with Crippen LogP contribution in [0.3, 0.4) is 0 Å². The molecule has 0 N–H and O–H groups in total. The minimum Gasteiger partial charge on any atom is -0.616 e. The van der Waals surface area contributed by atoms with Gasteiger partial charge in [-0.2, -0.15) is 0 Å². The SMILES string of the molecule is C=CC(=O)OCC[S+]([O-])CCOc1cc(=O)oc2ccccc12. The lowest BCUT2D eigenvalue weighted by atomic mass is 10.2. The van der Waals surface area contributed by atoms with Crippen LogP contribution in [-0.2, 0) is 20.7 Å². The maximum absolute atomic E-state index is 11.8. The largest absolute Gasteiger partial charge is 0.616 e. The third-order valence-corrected chi connectivity index (χ3v) is 4.15. The number of benzene rings is 1. The quantitative estimate of drug-likeness (QED) is 0.315. The minimum absolute atomic E-state index is 0.0648. The van der Waals surface area contributed by atoms with Gasteiger partial charge in [0.1, 0.15) is 36.1 Å². The molecule has 0 saturated carbocycles. The van der Waals surface area contributed by atoms with Crippen LogP contribution in [0.15, 0.2) is 52.2 Å². The molecule has 2 aromatic rings. The van der Waals surface area contributed by atoms with Crippen molar-refractivity contribution in [3.05, 3.63) is 53.4 Å². The topological polar surface area (TPSA) is 88.8 Å². The summed E-state index contributed by atoms with van der Waals surface area (Å²) < 4.78 is 27.1. The minimum atomic E-state index is -1.19. The smallest absolute Gasteiger partial charge is 0.339 e. The zero-order chi connectivity index (χ0) is 16.7. The number of esters is 1. The van der Waals surface area contributed by atoms with E-state index in [0.29, 0.717) is 16.7 Å². The molecule has 2 rings (SSSR count). The molecular weight excluding hydrogens is 320 g/mol. The van der Waals surface area contributed by atoms with Crippen molar-refractivity contribution in [1.29, 1.82) is 0 Å². The van der Waals surface area contributed by atoms with Crippen LogP contribution in [0.1, 0.15) is 0 Å². The third kappa shape index (κ3) is 5.15. The lowest BCUT2D eigenvalue weighted by molar-refractivity contribution is -0.137. The highest BCUT2D eigenvalue weighted by molar-refractivity contribution is 7.91. The van der Waals surface area contributed by atoms with Gasteiger partial charge in [-0.25, -0.2) is 9.59 Å². The van der Waals surface area contributed by atoms with Crippen LogP contribution in [0.4, 0.5) is 0 Å². The molecule has 0 aliphatic rings. The maximum atomic E-state index is 11.8. The third-order valence-electron chi connectivity index (χ3n) is 2.90.